The quantitative estimate of drug-likeness (QED) is 0.594. The van der Waals surface area contributed by atoms with Gasteiger partial charge in [-0.05, 0) is 54.9 Å². The zero-order valence-corrected chi connectivity index (χ0v) is 12.4. The largest absolute Gasteiger partial charge is 0.0847 e. The van der Waals surface area contributed by atoms with Crippen molar-refractivity contribution in [2.45, 2.75) is 26.2 Å². The van der Waals surface area contributed by atoms with Crippen LogP contribution in [0.15, 0.2) is 70.3 Å². The molecule has 0 aromatic carbocycles. The van der Waals surface area contributed by atoms with Gasteiger partial charge in [0.2, 0.25) is 0 Å². The SMILES string of the molecule is C=C(Br)/C=C\C(=C/C)C1=CCC2CCC=CC2=C1. The van der Waals surface area contributed by atoms with E-state index in [1.807, 2.05) is 6.08 Å². The summed E-state index contributed by atoms with van der Waals surface area (Å²) in [6.07, 6.45) is 19.2. The lowest BCUT2D eigenvalue weighted by Gasteiger charge is -2.24. The third-order valence-electron chi connectivity index (χ3n) is 3.50. The van der Waals surface area contributed by atoms with Crippen LogP contribution in [0.1, 0.15) is 26.2 Å². The van der Waals surface area contributed by atoms with E-state index in [-0.39, 0.29) is 0 Å². The number of hydrogen-bond acceptors (Lipinski definition) is 0. The van der Waals surface area contributed by atoms with Crippen LogP contribution in [-0.4, -0.2) is 0 Å². The molecule has 1 unspecified atom stereocenters. The van der Waals surface area contributed by atoms with Gasteiger partial charge in [0.15, 0.2) is 0 Å². The highest BCUT2D eigenvalue weighted by Crippen LogP contribution is 2.34. The van der Waals surface area contributed by atoms with Crippen molar-refractivity contribution in [3.8, 4) is 0 Å². The second kappa shape index (κ2) is 6.19. The molecule has 0 bridgehead atoms. The van der Waals surface area contributed by atoms with E-state index in [0.29, 0.717) is 0 Å². The fourth-order valence-corrected chi connectivity index (χ4v) is 2.62. The number of hydrogen-bond donors (Lipinski definition) is 0. The molecule has 94 valence electrons. The lowest BCUT2D eigenvalue weighted by atomic mass is 9.80. The Morgan fingerprint density at radius 3 is 3.00 bits per heavy atom. The van der Waals surface area contributed by atoms with Crippen molar-refractivity contribution in [1.29, 1.82) is 0 Å². The summed E-state index contributed by atoms with van der Waals surface area (Å²) in [5, 5.41) is 0. The highest BCUT2D eigenvalue weighted by Gasteiger charge is 2.18. The molecule has 2 aliphatic carbocycles. The van der Waals surface area contributed by atoms with Crippen LogP contribution in [0.2, 0.25) is 0 Å². The van der Waals surface area contributed by atoms with Crippen molar-refractivity contribution >= 4 is 15.9 Å². The fourth-order valence-electron chi connectivity index (χ4n) is 2.49. The third kappa shape index (κ3) is 3.23. The Hall–Kier alpha value is -1.08. The van der Waals surface area contributed by atoms with Crippen LogP contribution in [-0.2, 0) is 0 Å². The molecular weight excluding hydrogens is 284 g/mol. The van der Waals surface area contributed by atoms with E-state index in [0.717, 1.165) is 10.4 Å². The summed E-state index contributed by atoms with van der Waals surface area (Å²) < 4.78 is 0.904. The first-order chi connectivity index (χ1) is 8.70. The first-order valence-electron chi connectivity index (χ1n) is 6.48. The van der Waals surface area contributed by atoms with Gasteiger partial charge in [0.25, 0.3) is 0 Å². The van der Waals surface area contributed by atoms with Crippen LogP contribution < -0.4 is 0 Å². The summed E-state index contributed by atoms with van der Waals surface area (Å²) in [4.78, 5) is 0. The molecule has 1 atom stereocenters. The number of fused-ring (bicyclic) bond motifs is 1. The summed E-state index contributed by atoms with van der Waals surface area (Å²) in [6.45, 7) is 5.91. The van der Waals surface area contributed by atoms with Crippen molar-refractivity contribution in [3.05, 3.63) is 70.3 Å². The summed E-state index contributed by atoms with van der Waals surface area (Å²) in [7, 11) is 0. The number of rotatable bonds is 3. The molecule has 0 aliphatic heterocycles. The minimum atomic E-state index is 0.743. The average molecular weight is 303 g/mol. The van der Waals surface area contributed by atoms with Gasteiger partial charge in [0, 0.05) is 4.48 Å². The standard InChI is InChI=1S/C17H19Br/c1-3-14(9-8-13(2)18)17-11-10-15-6-4-5-7-16(15)12-17/h3,5,7-9,11-12,15H,2,4,6,10H2,1H3/b9-8-,14-3+. The Morgan fingerprint density at radius 2 is 2.28 bits per heavy atom. The monoisotopic (exact) mass is 302 g/mol. The van der Waals surface area contributed by atoms with E-state index < -0.39 is 0 Å². The van der Waals surface area contributed by atoms with Gasteiger partial charge in [-0.25, -0.2) is 0 Å². The van der Waals surface area contributed by atoms with Crippen LogP contribution in [0.25, 0.3) is 0 Å². The Bertz CT molecular complexity index is 484. The molecule has 2 aliphatic rings. The van der Waals surface area contributed by atoms with Crippen molar-refractivity contribution < 1.29 is 0 Å². The fraction of sp³-hybridized carbons (Fsp3) is 0.294. The lowest BCUT2D eigenvalue weighted by molar-refractivity contribution is 0.563. The maximum Gasteiger partial charge on any atom is 0.0103 e. The minimum Gasteiger partial charge on any atom is -0.0847 e. The maximum atomic E-state index is 3.83. The zero-order chi connectivity index (χ0) is 13.0. The van der Waals surface area contributed by atoms with E-state index in [4.69, 9.17) is 0 Å². The van der Waals surface area contributed by atoms with Gasteiger partial charge in [0.05, 0.1) is 0 Å². The molecule has 0 nitrogen and oxygen atoms in total. The predicted molar refractivity (Wildman–Crippen MR) is 83.6 cm³/mol. The molecule has 0 aromatic heterocycles. The first kappa shape index (κ1) is 13.4. The van der Waals surface area contributed by atoms with Crippen molar-refractivity contribution in [1.82, 2.24) is 0 Å². The molecule has 1 heteroatoms. The van der Waals surface area contributed by atoms with Gasteiger partial charge >= 0.3 is 0 Å². The maximum absolute atomic E-state index is 3.83. The minimum absolute atomic E-state index is 0.743. The van der Waals surface area contributed by atoms with Crippen LogP contribution >= 0.6 is 15.9 Å². The van der Waals surface area contributed by atoms with Gasteiger partial charge in [-0.1, -0.05) is 59.0 Å². The molecule has 2 rings (SSSR count). The normalized spacial score (nSPS) is 23.7. The van der Waals surface area contributed by atoms with Crippen molar-refractivity contribution in [3.63, 3.8) is 0 Å². The van der Waals surface area contributed by atoms with Crippen LogP contribution in [0.3, 0.4) is 0 Å². The average Bonchev–Trinajstić information content (AvgIpc) is 2.39. The molecule has 0 saturated carbocycles. The van der Waals surface area contributed by atoms with E-state index in [9.17, 15) is 0 Å². The second-order valence-corrected chi connectivity index (χ2v) is 5.76. The zero-order valence-electron chi connectivity index (χ0n) is 10.8. The summed E-state index contributed by atoms with van der Waals surface area (Å²) in [5.74, 6) is 0.743. The highest BCUT2D eigenvalue weighted by atomic mass is 79.9. The topological polar surface area (TPSA) is 0 Å². The Kier molecular flexibility index (Phi) is 4.60. The number of allylic oxidation sites excluding steroid dienone is 11. The van der Waals surface area contributed by atoms with E-state index in [1.165, 1.54) is 36.0 Å². The smallest absolute Gasteiger partial charge is 0.0103 e. The first-order valence-corrected chi connectivity index (χ1v) is 7.27. The Labute approximate surface area is 118 Å². The summed E-state index contributed by atoms with van der Waals surface area (Å²) in [5.41, 5.74) is 4.09. The van der Waals surface area contributed by atoms with Crippen LogP contribution in [0, 0.1) is 5.92 Å². The third-order valence-corrected chi connectivity index (χ3v) is 3.76. The Balaban J connectivity index is 2.21. The van der Waals surface area contributed by atoms with Crippen molar-refractivity contribution in [2.24, 2.45) is 5.92 Å². The summed E-state index contributed by atoms with van der Waals surface area (Å²) in [6, 6.07) is 0. The van der Waals surface area contributed by atoms with Gasteiger partial charge in [-0.15, -0.1) is 0 Å². The van der Waals surface area contributed by atoms with Crippen LogP contribution in [0.5, 0.6) is 0 Å². The van der Waals surface area contributed by atoms with Crippen molar-refractivity contribution in [2.75, 3.05) is 0 Å². The molecule has 0 spiro atoms. The molecular formula is C17H19Br. The lowest BCUT2D eigenvalue weighted by Crippen LogP contribution is -2.09. The predicted octanol–water partition coefficient (Wildman–Crippen LogP) is 5.62. The van der Waals surface area contributed by atoms with Crippen LogP contribution in [0.4, 0.5) is 0 Å². The highest BCUT2D eigenvalue weighted by molar-refractivity contribution is 9.11. The van der Waals surface area contributed by atoms with Gasteiger partial charge in [-0.2, -0.15) is 0 Å². The van der Waals surface area contributed by atoms with E-state index >= 15 is 0 Å². The molecule has 0 amide bonds. The summed E-state index contributed by atoms with van der Waals surface area (Å²) >= 11 is 3.36. The molecule has 0 aromatic rings. The number of halogens is 1. The molecule has 18 heavy (non-hydrogen) atoms. The second-order valence-electron chi connectivity index (χ2n) is 4.74. The van der Waals surface area contributed by atoms with E-state index in [1.54, 1.807) is 0 Å². The molecule has 0 saturated heterocycles. The molecule has 0 radical (unpaired) electrons. The van der Waals surface area contributed by atoms with Gasteiger partial charge in [0.1, 0.15) is 0 Å². The molecule has 0 N–H and O–H groups in total. The van der Waals surface area contributed by atoms with E-state index in [2.05, 4.69) is 65.9 Å². The molecule has 0 fully saturated rings. The van der Waals surface area contributed by atoms with Gasteiger partial charge < -0.3 is 0 Å². The Morgan fingerprint density at radius 1 is 1.44 bits per heavy atom. The molecule has 0 heterocycles. The van der Waals surface area contributed by atoms with Gasteiger partial charge in [-0.3, -0.25) is 0 Å².